The molecule has 0 amide bonds. The van der Waals surface area contributed by atoms with Gasteiger partial charge in [0.1, 0.15) is 0 Å². The van der Waals surface area contributed by atoms with Crippen molar-refractivity contribution < 1.29 is 4.79 Å². The van der Waals surface area contributed by atoms with Crippen LogP contribution in [0.2, 0.25) is 0 Å². The third-order valence-corrected chi connectivity index (χ3v) is 3.92. The molecule has 104 valence electrons. The molecule has 21 heavy (non-hydrogen) atoms. The van der Waals surface area contributed by atoms with Crippen LogP contribution in [-0.4, -0.2) is 15.6 Å². The molecule has 1 heterocycles. The van der Waals surface area contributed by atoms with E-state index < -0.39 is 0 Å². The molecule has 3 rings (SSSR count). The largest absolute Gasteiger partial charge is 0.288 e. The molecule has 3 nitrogen and oxygen atoms in total. The van der Waals surface area contributed by atoms with E-state index in [9.17, 15) is 4.79 Å². The molecule has 0 radical (unpaired) electrons. The van der Waals surface area contributed by atoms with Crippen LogP contribution in [0.25, 0.3) is 5.69 Å². The number of halogens is 1. The van der Waals surface area contributed by atoms with Gasteiger partial charge in [0.2, 0.25) is 0 Å². The fraction of sp³-hybridized carbons (Fsp3) is 0.0588. The van der Waals surface area contributed by atoms with Gasteiger partial charge in [0.25, 0.3) is 0 Å². The first-order chi connectivity index (χ1) is 10.1. The molecule has 0 spiro atoms. The van der Waals surface area contributed by atoms with Crippen molar-refractivity contribution in [1.29, 1.82) is 0 Å². The van der Waals surface area contributed by atoms with Gasteiger partial charge in [-0.25, -0.2) is 4.68 Å². The lowest BCUT2D eigenvalue weighted by Gasteiger charge is -2.03. The van der Waals surface area contributed by atoms with Crippen molar-refractivity contribution in [1.82, 2.24) is 9.78 Å². The summed E-state index contributed by atoms with van der Waals surface area (Å²) in [7, 11) is 0. The summed E-state index contributed by atoms with van der Waals surface area (Å²) in [5.41, 5.74) is 3.21. The molecule has 0 aliphatic rings. The number of nitrogens with zero attached hydrogens (tertiary/aromatic N) is 2. The normalized spacial score (nSPS) is 10.6. The van der Waals surface area contributed by atoms with Gasteiger partial charge in [0, 0.05) is 16.2 Å². The Morgan fingerprint density at radius 3 is 2.67 bits per heavy atom. The number of rotatable bonds is 3. The summed E-state index contributed by atoms with van der Waals surface area (Å²) < 4.78 is 2.50. The van der Waals surface area contributed by atoms with Gasteiger partial charge >= 0.3 is 0 Å². The fourth-order valence-corrected chi connectivity index (χ4v) is 2.56. The molecule has 4 heteroatoms. The minimum absolute atomic E-state index is 0.0345. The molecule has 0 fully saturated rings. The average Bonchev–Trinajstić information content (AvgIpc) is 3.00. The second-order valence-electron chi connectivity index (χ2n) is 4.82. The second-order valence-corrected chi connectivity index (χ2v) is 5.68. The van der Waals surface area contributed by atoms with Crippen LogP contribution in [0.4, 0.5) is 0 Å². The van der Waals surface area contributed by atoms with Crippen molar-refractivity contribution in [2.75, 3.05) is 0 Å². The maximum absolute atomic E-state index is 12.6. The summed E-state index contributed by atoms with van der Waals surface area (Å²) in [6.45, 7) is 1.97. The maximum Gasteiger partial charge on any atom is 0.197 e. The van der Waals surface area contributed by atoms with Crippen molar-refractivity contribution in [2.45, 2.75) is 6.92 Å². The zero-order valence-electron chi connectivity index (χ0n) is 11.5. The number of ketones is 1. The summed E-state index contributed by atoms with van der Waals surface area (Å²) in [6.07, 6.45) is 3.36. The first-order valence-electron chi connectivity index (χ1n) is 6.56. The van der Waals surface area contributed by atoms with E-state index in [4.69, 9.17) is 0 Å². The van der Waals surface area contributed by atoms with Gasteiger partial charge in [-0.15, -0.1) is 0 Å². The molecular formula is C17H13BrN2O. The van der Waals surface area contributed by atoms with Gasteiger partial charge in [0.15, 0.2) is 5.78 Å². The zero-order chi connectivity index (χ0) is 14.8. The van der Waals surface area contributed by atoms with E-state index in [2.05, 4.69) is 21.0 Å². The maximum atomic E-state index is 12.6. The van der Waals surface area contributed by atoms with Crippen molar-refractivity contribution in [3.05, 3.63) is 82.1 Å². The summed E-state index contributed by atoms with van der Waals surface area (Å²) in [4.78, 5) is 12.6. The zero-order valence-corrected chi connectivity index (χ0v) is 13.0. The minimum Gasteiger partial charge on any atom is -0.288 e. The number of para-hydroxylation sites is 1. The van der Waals surface area contributed by atoms with Crippen LogP contribution in [0.3, 0.4) is 0 Å². The van der Waals surface area contributed by atoms with Gasteiger partial charge in [-0.05, 0) is 31.2 Å². The smallest absolute Gasteiger partial charge is 0.197 e. The number of hydrogen-bond donors (Lipinski definition) is 0. The van der Waals surface area contributed by atoms with Crippen LogP contribution in [0.1, 0.15) is 21.5 Å². The Bertz CT molecular complexity index is 794. The molecular weight excluding hydrogens is 328 g/mol. The molecule has 3 aromatic rings. The molecule has 0 aliphatic carbocycles. The van der Waals surface area contributed by atoms with Gasteiger partial charge in [-0.1, -0.05) is 45.8 Å². The Balaban J connectivity index is 1.96. The van der Waals surface area contributed by atoms with Crippen LogP contribution in [0.5, 0.6) is 0 Å². The Morgan fingerprint density at radius 2 is 1.90 bits per heavy atom. The predicted molar refractivity (Wildman–Crippen MR) is 85.9 cm³/mol. The first kappa shape index (κ1) is 13.8. The quantitative estimate of drug-likeness (QED) is 0.670. The average molecular weight is 341 g/mol. The highest BCUT2D eigenvalue weighted by molar-refractivity contribution is 9.10. The lowest BCUT2D eigenvalue weighted by Crippen LogP contribution is -2.02. The lowest BCUT2D eigenvalue weighted by atomic mass is 10.0. The third kappa shape index (κ3) is 2.81. The summed E-state index contributed by atoms with van der Waals surface area (Å²) in [5.74, 6) is -0.0345. The molecule has 0 N–H and O–H groups in total. The number of aryl methyl sites for hydroxylation is 1. The molecule has 0 aliphatic heterocycles. The topological polar surface area (TPSA) is 34.9 Å². The van der Waals surface area contributed by atoms with Crippen LogP contribution in [0, 0.1) is 6.92 Å². The van der Waals surface area contributed by atoms with E-state index >= 15 is 0 Å². The van der Waals surface area contributed by atoms with Gasteiger partial charge in [-0.3, -0.25) is 4.79 Å². The number of carbonyl (C=O) groups excluding carboxylic acids is 1. The van der Waals surface area contributed by atoms with Gasteiger partial charge in [-0.2, -0.15) is 5.10 Å². The molecule has 2 aromatic carbocycles. The highest BCUT2D eigenvalue weighted by atomic mass is 79.9. The van der Waals surface area contributed by atoms with Gasteiger partial charge in [0.05, 0.1) is 17.4 Å². The molecule has 0 saturated heterocycles. The molecule has 0 unspecified atom stereocenters. The monoisotopic (exact) mass is 340 g/mol. The Morgan fingerprint density at radius 1 is 1.14 bits per heavy atom. The van der Waals surface area contributed by atoms with Crippen molar-refractivity contribution >= 4 is 21.7 Å². The van der Waals surface area contributed by atoms with Crippen LogP contribution in [-0.2, 0) is 0 Å². The van der Waals surface area contributed by atoms with E-state index in [1.807, 2.05) is 55.5 Å². The molecule has 0 bridgehead atoms. The van der Waals surface area contributed by atoms with E-state index in [1.165, 1.54) is 0 Å². The Labute approximate surface area is 131 Å². The Hall–Kier alpha value is -2.20. The minimum atomic E-state index is -0.0345. The highest BCUT2D eigenvalue weighted by Gasteiger charge is 2.15. The predicted octanol–water partition coefficient (Wildman–Crippen LogP) is 4.17. The summed E-state index contributed by atoms with van der Waals surface area (Å²) >= 11 is 3.43. The van der Waals surface area contributed by atoms with Crippen molar-refractivity contribution in [2.24, 2.45) is 0 Å². The summed E-state index contributed by atoms with van der Waals surface area (Å²) in [5, 5.41) is 4.27. The van der Waals surface area contributed by atoms with Gasteiger partial charge < -0.3 is 0 Å². The number of benzene rings is 2. The van der Waals surface area contributed by atoms with Crippen LogP contribution in [0.15, 0.2) is 65.4 Å². The third-order valence-electron chi connectivity index (χ3n) is 3.23. The summed E-state index contributed by atoms with van der Waals surface area (Å²) in [6, 6.07) is 15.5. The van der Waals surface area contributed by atoms with Crippen molar-refractivity contribution in [3.8, 4) is 5.69 Å². The van der Waals surface area contributed by atoms with Crippen molar-refractivity contribution in [3.63, 3.8) is 0 Å². The van der Waals surface area contributed by atoms with E-state index in [0.717, 1.165) is 15.7 Å². The van der Waals surface area contributed by atoms with Crippen LogP contribution < -0.4 is 0 Å². The van der Waals surface area contributed by atoms with Crippen LogP contribution >= 0.6 is 15.9 Å². The number of hydrogen-bond acceptors (Lipinski definition) is 2. The highest BCUT2D eigenvalue weighted by Crippen LogP contribution is 2.21. The second kappa shape index (κ2) is 5.66. The Kier molecular flexibility index (Phi) is 3.71. The number of carbonyl (C=O) groups is 1. The molecule has 1 aromatic heterocycles. The molecule has 0 atom stereocenters. The lowest BCUT2D eigenvalue weighted by molar-refractivity contribution is 0.103. The standard InChI is InChI=1S/C17H13BrN2O/c1-12-7-8-16(18)15(9-12)17(21)13-10-19-20(11-13)14-5-3-2-4-6-14/h2-11H,1H3. The number of aromatic nitrogens is 2. The van der Waals surface area contributed by atoms with E-state index in [1.54, 1.807) is 17.1 Å². The molecule has 0 saturated carbocycles. The van der Waals surface area contributed by atoms with E-state index in [-0.39, 0.29) is 5.78 Å². The fourth-order valence-electron chi connectivity index (χ4n) is 2.13. The first-order valence-corrected chi connectivity index (χ1v) is 7.35. The van der Waals surface area contributed by atoms with E-state index in [0.29, 0.717) is 11.1 Å². The SMILES string of the molecule is Cc1ccc(Br)c(C(=O)c2cnn(-c3ccccc3)c2)c1.